The maximum atomic E-state index is 10.8. The van der Waals surface area contributed by atoms with Crippen molar-refractivity contribution >= 4 is 46.9 Å². The Morgan fingerprint density at radius 1 is 0.860 bits per heavy atom. The monoisotopic (exact) mass is 747 g/mol. The third-order valence-electron chi connectivity index (χ3n) is 8.64. The highest BCUT2D eigenvalue weighted by atomic mass is 32.2. The maximum Gasteiger partial charge on any atom is 0.404 e. The summed E-state index contributed by atoms with van der Waals surface area (Å²) in [5.74, 6) is -5.16. The molecule has 29 heteroatoms. The molecule has 2 fully saturated rings. The molecule has 0 bridgehead atoms. The summed E-state index contributed by atoms with van der Waals surface area (Å²) in [7, 11) is -4.30. The smallest absolute Gasteiger partial charge is 0.404 e. The number of primary amides is 2. The van der Waals surface area contributed by atoms with E-state index < -0.39 is 89.2 Å². The predicted molar refractivity (Wildman–Crippen MR) is 159 cm³/mol. The standard InChI is InChI=1S/2C10H17N7O5.CH3FO3S/c2*11-6-15-5-3(2-22-8(13)19)14-7(12)17-1-4(18)10(20,21)9(5,17)16-6;2-1-5-6(3)4/h2*3-5,18,20-21H,1-2H2,(H2,12,14)(H2,13,19)(H3,11,15,16);6H,1H2/p+2/t2*3-,4-,5-,9-;/m00./s1/i;;6D. The van der Waals surface area contributed by atoms with E-state index in [0.717, 1.165) is 0 Å². The number of thiol groups is 1. The van der Waals surface area contributed by atoms with Crippen LogP contribution in [0.4, 0.5) is 14.0 Å². The summed E-state index contributed by atoms with van der Waals surface area (Å²) in [5, 5.41) is 67.0. The van der Waals surface area contributed by atoms with E-state index in [0.29, 0.717) is 0 Å². The first-order valence-electron chi connectivity index (χ1n) is 14.5. The molecule has 22 N–H and O–H groups in total. The zero-order valence-electron chi connectivity index (χ0n) is 26.6. The van der Waals surface area contributed by atoms with Crippen LogP contribution >= 0.6 is 0 Å². The number of halogens is 1. The molecule has 8 atom stereocenters. The van der Waals surface area contributed by atoms with Crippen molar-refractivity contribution in [2.45, 2.75) is 59.3 Å². The number of ether oxygens (including phenoxy) is 2. The number of aliphatic imine (C=N–C) groups is 2. The molecule has 0 saturated carbocycles. The van der Waals surface area contributed by atoms with Gasteiger partial charge < -0.3 is 63.0 Å². The summed E-state index contributed by atoms with van der Waals surface area (Å²) in [4.78, 5) is 38.1. The maximum absolute atomic E-state index is 10.8. The van der Waals surface area contributed by atoms with E-state index in [2.05, 4.69) is 34.8 Å². The van der Waals surface area contributed by atoms with Crippen LogP contribution in [0, 0.1) is 0 Å². The number of amides is 2. The van der Waals surface area contributed by atoms with Crippen molar-refractivity contribution < 1.29 is 76.7 Å². The fourth-order valence-electron chi connectivity index (χ4n) is 6.65. The molecule has 6 heterocycles. The van der Waals surface area contributed by atoms with Crippen molar-refractivity contribution in [2.75, 3.05) is 33.2 Å². The molecule has 0 radical (unpaired) electrons. The van der Waals surface area contributed by atoms with E-state index >= 15 is 0 Å². The Bertz CT molecular complexity index is 1540. The number of aliphatic hydroxyl groups is 6. The molecule has 282 valence electrons. The Hall–Kier alpha value is -4.78. The SMILES string of the molecule is NC(=O)OC[C@@H]1N=C(N)N2C[C@H](O)C(O)(O)[C@@]23NC(N)=[NH+][C@@H]13.NC(=O)OC[C@@H]1N=C(N)N2C[C@H](O)C(O)(O)[C@@]23NC(N)=[NH+][C@@H]13.[2H]S(=O)(=O)OCF. The second-order valence-electron chi connectivity index (χ2n) is 11.4. The number of hydrogen-bond donors (Lipinski definition) is 17. The molecule has 2 saturated heterocycles. The van der Waals surface area contributed by atoms with Gasteiger partial charge in [0.15, 0.2) is 24.0 Å². The van der Waals surface area contributed by atoms with E-state index in [1.54, 1.807) is 0 Å². The van der Waals surface area contributed by atoms with Crippen LogP contribution in [0.2, 0.25) is 0 Å². The van der Waals surface area contributed by atoms with Gasteiger partial charge in [0.2, 0.25) is 7.98 Å². The fraction of sp³-hybridized carbons (Fsp3) is 0.714. The minimum Gasteiger partial charge on any atom is -0.447 e. The van der Waals surface area contributed by atoms with Crippen molar-refractivity contribution in [1.29, 1.82) is 1.12 Å². The highest BCUT2D eigenvalue weighted by Crippen LogP contribution is 2.42. The van der Waals surface area contributed by atoms with Crippen LogP contribution in [0.5, 0.6) is 0 Å². The number of carbonyl (C=O) groups is 2. The summed E-state index contributed by atoms with van der Waals surface area (Å²) in [6, 6.07) is -3.24. The molecule has 0 aromatic carbocycles. The number of aliphatic hydroxyl groups excluding tert-OH is 2. The predicted octanol–water partition coefficient (Wildman–Crippen LogP) is -14.1. The molecular formula is C21H39FN14O13S+2. The van der Waals surface area contributed by atoms with Crippen molar-refractivity contribution in [1.82, 2.24) is 20.4 Å². The highest BCUT2D eigenvalue weighted by Gasteiger charge is 2.77. The Kier molecular flexibility index (Phi) is 9.86. The third-order valence-corrected chi connectivity index (χ3v) is 8.92. The normalized spacial score (nSPS) is 35.5. The lowest BCUT2D eigenvalue weighted by Gasteiger charge is -2.45. The lowest BCUT2D eigenvalue weighted by Crippen LogP contribution is -2.90. The van der Waals surface area contributed by atoms with Crippen molar-refractivity contribution in [3.05, 3.63) is 0 Å². The number of carbonyl (C=O) groups excluding carboxylic acids is 2. The van der Waals surface area contributed by atoms with Crippen LogP contribution in [0.3, 0.4) is 0 Å². The van der Waals surface area contributed by atoms with Gasteiger partial charge in [0, 0.05) is 0 Å². The largest absolute Gasteiger partial charge is 0.447 e. The van der Waals surface area contributed by atoms with Gasteiger partial charge in [-0.25, -0.2) is 47.2 Å². The molecule has 2 spiro atoms. The Morgan fingerprint density at radius 3 is 1.50 bits per heavy atom. The number of alkyl halides is 1. The molecular weight excluding hydrogens is 707 g/mol. The third kappa shape index (κ3) is 6.12. The van der Waals surface area contributed by atoms with Gasteiger partial charge in [-0.05, 0) is 0 Å². The first-order valence-corrected chi connectivity index (χ1v) is 15.1. The van der Waals surface area contributed by atoms with E-state index in [-0.39, 0.29) is 50.1 Å². The molecule has 50 heavy (non-hydrogen) atoms. The van der Waals surface area contributed by atoms with Crippen LogP contribution in [0.1, 0.15) is 0 Å². The van der Waals surface area contributed by atoms with Crippen molar-refractivity contribution in [2.24, 2.45) is 44.4 Å². The molecule has 27 nitrogen and oxygen atoms in total. The zero-order valence-corrected chi connectivity index (χ0v) is 26.4. The Labute approximate surface area is 282 Å². The van der Waals surface area contributed by atoms with Gasteiger partial charge in [-0.2, -0.15) is 0 Å². The average Bonchev–Trinajstić information content (AvgIpc) is 3.67. The van der Waals surface area contributed by atoms with E-state index in [4.69, 9.17) is 45.0 Å². The molecule has 0 unspecified atom stereocenters. The van der Waals surface area contributed by atoms with Gasteiger partial charge in [-0.3, -0.25) is 31.3 Å². The molecule has 0 aromatic rings. The minimum atomic E-state index is -4.30. The van der Waals surface area contributed by atoms with Gasteiger partial charge in [0.05, 0.1) is 13.1 Å². The number of hydrogen-bond acceptors (Lipinski definition) is 23. The lowest BCUT2D eigenvalue weighted by atomic mass is 9.86. The molecule has 2 amide bonds. The lowest BCUT2D eigenvalue weighted by molar-refractivity contribution is -0.523. The number of nitrogens with two attached hydrogens (primary N) is 6. The quantitative estimate of drug-likeness (QED) is 0.0885. The van der Waals surface area contributed by atoms with Crippen molar-refractivity contribution in [3.63, 3.8) is 0 Å². The second kappa shape index (κ2) is 13.5. The number of rotatable bonds is 6. The summed E-state index contributed by atoms with van der Waals surface area (Å²) < 4.78 is 48.1. The number of guanidine groups is 4. The van der Waals surface area contributed by atoms with Crippen LogP contribution in [0.15, 0.2) is 9.98 Å². The van der Waals surface area contributed by atoms with E-state index in [1.807, 2.05) is 0 Å². The van der Waals surface area contributed by atoms with Gasteiger partial charge >= 0.3 is 24.1 Å². The fourth-order valence-corrected chi connectivity index (χ4v) is 6.73. The minimum absolute atomic E-state index is 0.0468. The van der Waals surface area contributed by atoms with Crippen LogP contribution in [-0.2, 0) is 24.5 Å². The average molecular weight is 748 g/mol. The van der Waals surface area contributed by atoms with Gasteiger partial charge in [-0.15, -0.1) is 0 Å². The molecule has 0 aliphatic carbocycles. The summed E-state index contributed by atoms with van der Waals surface area (Å²) in [6.45, 7) is -2.28. The molecule has 6 aliphatic heterocycles. The second-order valence-corrected chi connectivity index (χ2v) is 12.0. The van der Waals surface area contributed by atoms with Gasteiger partial charge in [0.25, 0.3) is 33.8 Å². The van der Waals surface area contributed by atoms with Crippen molar-refractivity contribution in [3.8, 4) is 0 Å². The van der Waals surface area contributed by atoms with Crippen LogP contribution < -0.4 is 55.0 Å². The summed E-state index contributed by atoms with van der Waals surface area (Å²) in [5.41, 5.74) is 29.7. The highest BCUT2D eigenvalue weighted by molar-refractivity contribution is 7.67. The number of nitrogens with zero attached hydrogens (tertiary/aromatic N) is 4. The summed E-state index contributed by atoms with van der Waals surface area (Å²) in [6.07, 6.45) is -5.03. The van der Waals surface area contributed by atoms with Gasteiger partial charge in [0.1, 0.15) is 37.5 Å². The first kappa shape index (κ1) is 36.5. The Balaban J connectivity index is 0.000000193. The first-order chi connectivity index (χ1) is 23.5. The Morgan fingerprint density at radius 2 is 1.22 bits per heavy atom. The molecule has 6 aliphatic rings. The summed E-state index contributed by atoms with van der Waals surface area (Å²) >= 11 is 0. The van der Waals surface area contributed by atoms with Crippen LogP contribution in [0.25, 0.3) is 0 Å². The van der Waals surface area contributed by atoms with E-state index in [1.165, 1.54) is 9.80 Å². The zero-order chi connectivity index (χ0) is 38.5. The molecule has 0 aromatic heterocycles. The number of nitrogens with one attached hydrogen (secondary N) is 4. The molecule has 6 rings (SSSR count). The van der Waals surface area contributed by atoms with Crippen LogP contribution in [-0.4, -0.2) is 178 Å². The topological polar surface area (TPSA) is 457 Å². The van der Waals surface area contributed by atoms with Gasteiger partial charge in [-0.1, -0.05) is 0 Å². The van der Waals surface area contributed by atoms with E-state index in [9.17, 15) is 53.0 Å².